The highest BCUT2D eigenvalue weighted by atomic mass is 32.2. The first-order valence-electron chi connectivity index (χ1n) is 7.40. The molecule has 0 amide bonds. The van der Waals surface area contributed by atoms with Crippen LogP contribution < -0.4 is 5.32 Å². The van der Waals surface area contributed by atoms with E-state index in [4.69, 9.17) is 4.74 Å². The number of ether oxygens (including phenoxy) is 1. The van der Waals surface area contributed by atoms with Crippen LogP contribution in [0.1, 0.15) is 26.2 Å². The van der Waals surface area contributed by atoms with Gasteiger partial charge in [-0.2, -0.15) is 11.8 Å². The van der Waals surface area contributed by atoms with Crippen LogP contribution in [0.25, 0.3) is 0 Å². The molecular weight excluding hydrogens is 244 g/mol. The third-order valence-electron chi connectivity index (χ3n) is 4.18. The average Bonchev–Trinajstić information content (AvgIpc) is 2.91. The molecular formula is C14H28N2OS. The zero-order valence-electron chi connectivity index (χ0n) is 11.9. The number of rotatable bonds is 6. The Labute approximate surface area is 116 Å². The molecule has 2 rings (SSSR count). The monoisotopic (exact) mass is 272 g/mol. The summed E-state index contributed by atoms with van der Waals surface area (Å²) in [7, 11) is 2.29. The van der Waals surface area contributed by atoms with Gasteiger partial charge in [-0.15, -0.1) is 0 Å². The topological polar surface area (TPSA) is 24.5 Å². The maximum absolute atomic E-state index is 5.68. The van der Waals surface area contributed by atoms with Gasteiger partial charge in [0, 0.05) is 36.9 Å². The van der Waals surface area contributed by atoms with E-state index in [1.807, 2.05) is 0 Å². The molecule has 3 nitrogen and oxygen atoms in total. The van der Waals surface area contributed by atoms with Gasteiger partial charge in [0.15, 0.2) is 0 Å². The van der Waals surface area contributed by atoms with Crippen molar-refractivity contribution < 1.29 is 4.74 Å². The highest BCUT2D eigenvalue weighted by Gasteiger charge is 2.29. The minimum absolute atomic E-state index is 0.662. The zero-order valence-corrected chi connectivity index (χ0v) is 12.7. The van der Waals surface area contributed by atoms with Gasteiger partial charge in [-0.3, -0.25) is 0 Å². The first-order valence-corrected chi connectivity index (χ1v) is 8.55. The molecule has 1 N–H and O–H groups in total. The highest BCUT2D eigenvalue weighted by Crippen LogP contribution is 2.24. The van der Waals surface area contributed by atoms with Crippen molar-refractivity contribution in [2.24, 2.45) is 5.92 Å². The van der Waals surface area contributed by atoms with Crippen LogP contribution in [0, 0.1) is 5.92 Å². The summed E-state index contributed by atoms with van der Waals surface area (Å²) in [6.45, 7) is 6.44. The van der Waals surface area contributed by atoms with E-state index in [9.17, 15) is 0 Å². The third-order valence-corrected chi connectivity index (χ3v) is 5.33. The zero-order chi connectivity index (χ0) is 12.8. The summed E-state index contributed by atoms with van der Waals surface area (Å²) in [5.74, 6) is 3.33. The molecule has 0 bridgehead atoms. The SMILES string of the molecule is CCCNC1CCOCC1CN(C)C1CCSC1. The van der Waals surface area contributed by atoms with Crippen molar-refractivity contribution in [2.75, 3.05) is 44.9 Å². The Morgan fingerprint density at radius 3 is 3.00 bits per heavy atom. The van der Waals surface area contributed by atoms with Crippen molar-refractivity contribution in [3.05, 3.63) is 0 Å². The molecule has 3 unspecified atom stereocenters. The van der Waals surface area contributed by atoms with Crippen molar-refractivity contribution in [3.63, 3.8) is 0 Å². The Hall–Kier alpha value is 0.230. The minimum atomic E-state index is 0.662. The lowest BCUT2D eigenvalue weighted by Crippen LogP contribution is -2.49. The molecule has 3 atom stereocenters. The minimum Gasteiger partial charge on any atom is -0.381 e. The smallest absolute Gasteiger partial charge is 0.0521 e. The van der Waals surface area contributed by atoms with E-state index in [2.05, 4.69) is 35.9 Å². The number of thioether (sulfide) groups is 1. The molecule has 2 aliphatic heterocycles. The Balaban J connectivity index is 1.80. The van der Waals surface area contributed by atoms with E-state index in [1.165, 1.54) is 37.3 Å². The van der Waals surface area contributed by atoms with Gasteiger partial charge < -0.3 is 15.0 Å². The highest BCUT2D eigenvalue weighted by molar-refractivity contribution is 7.99. The molecule has 0 radical (unpaired) electrons. The van der Waals surface area contributed by atoms with Gasteiger partial charge in [-0.25, -0.2) is 0 Å². The second-order valence-electron chi connectivity index (χ2n) is 5.64. The van der Waals surface area contributed by atoms with E-state index >= 15 is 0 Å². The van der Waals surface area contributed by atoms with Crippen molar-refractivity contribution in [1.29, 1.82) is 0 Å². The summed E-state index contributed by atoms with van der Waals surface area (Å²) in [6, 6.07) is 1.46. The van der Waals surface area contributed by atoms with E-state index < -0.39 is 0 Å². The lowest BCUT2D eigenvalue weighted by atomic mass is 9.94. The molecule has 2 fully saturated rings. The molecule has 0 aromatic rings. The molecule has 0 spiro atoms. The summed E-state index contributed by atoms with van der Waals surface area (Å²) >= 11 is 2.10. The van der Waals surface area contributed by atoms with Crippen molar-refractivity contribution in [3.8, 4) is 0 Å². The summed E-state index contributed by atoms with van der Waals surface area (Å²) in [5, 5.41) is 3.71. The number of nitrogens with one attached hydrogen (secondary N) is 1. The van der Waals surface area contributed by atoms with Crippen molar-refractivity contribution in [2.45, 2.75) is 38.3 Å². The fraction of sp³-hybridized carbons (Fsp3) is 1.00. The summed E-state index contributed by atoms with van der Waals surface area (Å²) in [4.78, 5) is 2.57. The standard InChI is InChI=1S/C14H28N2OS/c1-3-6-15-14-4-7-17-10-12(14)9-16(2)13-5-8-18-11-13/h12-15H,3-11H2,1-2H3. The summed E-state index contributed by atoms with van der Waals surface area (Å²) in [6.07, 6.45) is 3.76. The van der Waals surface area contributed by atoms with Gasteiger partial charge in [-0.05, 0) is 38.6 Å². The van der Waals surface area contributed by atoms with E-state index in [-0.39, 0.29) is 0 Å². The predicted octanol–water partition coefficient (Wildman–Crippen LogP) is 1.83. The van der Waals surface area contributed by atoms with Gasteiger partial charge in [0.2, 0.25) is 0 Å². The van der Waals surface area contributed by atoms with E-state index in [0.29, 0.717) is 12.0 Å². The number of hydrogen-bond acceptors (Lipinski definition) is 4. The van der Waals surface area contributed by atoms with Crippen LogP contribution in [0.2, 0.25) is 0 Å². The van der Waals surface area contributed by atoms with Crippen molar-refractivity contribution in [1.82, 2.24) is 10.2 Å². The molecule has 2 heterocycles. The Morgan fingerprint density at radius 2 is 2.28 bits per heavy atom. The molecule has 4 heteroatoms. The Bertz CT molecular complexity index is 234. The quantitative estimate of drug-likeness (QED) is 0.797. The second-order valence-corrected chi connectivity index (χ2v) is 6.79. The fourth-order valence-corrected chi connectivity index (χ4v) is 4.26. The lowest BCUT2D eigenvalue weighted by Gasteiger charge is -2.36. The molecule has 2 aliphatic rings. The molecule has 2 saturated heterocycles. The Morgan fingerprint density at radius 1 is 1.39 bits per heavy atom. The maximum Gasteiger partial charge on any atom is 0.0521 e. The fourth-order valence-electron chi connectivity index (χ4n) is 2.96. The molecule has 0 aromatic carbocycles. The molecule has 18 heavy (non-hydrogen) atoms. The van der Waals surface area contributed by atoms with Crippen LogP contribution in [-0.4, -0.2) is 61.8 Å². The van der Waals surface area contributed by atoms with Crippen LogP contribution in [0.15, 0.2) is 0 Å². The first-order chi connectivity index (χ1) is 8.81. The van der Waals surface area contributed by atoms with Gasteiger partial charge in [-0.1, -0.05) is 6.92 Å². The van der Waals surface area contributed by atoms with Crippen LogP contribution in [0.5, 0.6) is 0 Å². The van der Waals surface area contributed by atoms with Gasteiger partial charge in [0.1, 0.15) is 0 Å². The first kappa shape index (κ1) is 14.6. The maximum atomic E-state index is 5.68. The van der Waals surface area contributed by atoms with Crippen LogP contribution >= 0.6 is 11.8 Å². The number of nitrogens with zero attached hydrogens (tertiary/aromatic N) is 1. The van der Waals surface area contributed by atoms with Gasteiger partial charge in [0.05, 0.1) is 6.61 Å². The van der Waals surface area contributed by atoms with Gasteiger partial charge >= 0.3 is 0 Å². The predicted molar refractivity (Wildman–Crippen MR) is 79.4 cm³/mol. The molecule has 0 aliphatic carbocycles. The molecule has 106 valence electrons. The lowest BCUT2D eigenvalue weighted by molar-refractivity contribution is 0.0159. The number of hydrogen-bond donors (Lipinski definition) is 1. The average molecular weight is 272 g/mol. The van der Waals surface area contributed by atoms with Crippen LogP contribution in [0.4, 0.5) is 0 Å². The Kier molecular flexibility index (Phi) is 6.29. The second kappa shape index (κ2) is 7.73. The largest absolute Gasteiger partial charge is 0.381 e. The van der Waals surface area contributed by atoms with E-state index in [0.717, 1.165) is 25.8 Å². The van der Waals surface area contributed by atoms with Crippen LogP contribution in [0.3, 0.4) is 0 Å². The van der Waals surface area contributed by atoms with E-state index in [1.54, 1.807) is 0 Å². The molecule has 0 aromatic heterocycles. The van der Waals surface area contributed by atoms with Crippen molar-refractivity contribution >= 4 is 11.8 Å². The summed E-state index contributed by atoms with van der Waals surface area (Å²) < 4.78 is 5.68. The van der Waals surface area contributed by atoms with Crippen LogP contribution in [-0.2, 0) is 4.74 Å². The molecule has 0 saturated carbocycles. The third kappa shape index (κ3) is 4.12. The summed E-state index contributed by atoms with van der Waals surface area (Å²) in [5.41, 5.74) is 0. The van der Waals surface area contributed by atoms with Gasteiger partial charge in [0.25, 0.3) is 0 Å². The normalized spacial score (nSPS) is 33.2.